The topological polar surface area (TPSA) is 64.6 Å². The average Bonchev–Trinajstić information content (AvgIpc) is 3.11. The molecule has 0 spiro atoms. The number of halogens is 1. The van der Waals surface area contributed by atoms with E-state index in [1.807, 2.05) is 31.2 Å². The number of pyridine rings is 1. The Labute approximate surface area is 165 Å². The maximum atomic E-state index is 13.1. The number of hydrogen-bond acceptors (Lipinski definition) is 6. The van der Waals surface area contributed by atoms with E-state index in [1.165, 1.54) is 17.6 Å². The Morgan fingerprint density at radius 2 is 2.26 bits per heavy atom. The van der Waals surface area contributed by atoms with Gasteiger partial charge in [-0.2, -0.15) is 0 Å². The lowest BCUT2D eigenvalue weighted by atomic mass is 10.2. The zero-order valence-corrected chi connectivity index (χ0v) is 16.1. The Hall–Kier alpha value is -2.64. The number of nitrogens with zero attached hydrogens (tertiary/aromatic N) is 3. The molecule has 0 bridgehead atoms. The molecule has 8 heteroatoms. The number of ether oxygens (including phenoxy) is 2. The second kappa shape index (κ2) is 7.54. The lowest BCUT2D eigenvalue weighted by Gasteiger charge is -2.23. The molecule has 2 aromatic heterocycles. The molecule has 1 aliphatic heterocycles. The van der Waals surface area contributed by atoms with Gasteiger partial charge in [-0.1, -0.05) is 29.0 Å². The quantitative estimate of drug-likeness (QED) is 0.659. The molecule has 0 N–H and O–H groups in total. The zero-order valence-electron chi connectivity index (χ0n) is 14.5. The maximum Gasteiger partial charge on any atom is 0.298 e. The lowest BCUT2D eigenvalue weighted by Crippen LogP contribution is -2.33. The van der Waals surface area contributed by atoms with Crippen molar-refractivity contribution in [1.82, 2.24) is 9.97 Å². The molecule has 0 saturated heterocycles. The van der Waals surface area contributed by atoms with E-state index in [4.69, 9.17) is 21.1 Å². The summed E-state index contributed by atoms with van der Waals surface area (Å²) >= 11 is 7.58. The van der Waals surface area contributed by atoms with E-state index in [-0.39, 0.29) is 11.7 Å². The monoisotopic (exact) mass is 401 g/mol. The molecule has 0 unspecified atom stereocenters. The van der Waals surface area contributed by atoms with E-state index in [1.54, 1.807) is 17.3 Å². The molecule has 6 nitrogen and oxygen atoms in total. The number of fused-ring (bicyclic) bond motifs is 1. The first-order valence-corrected chi connectivity index (χ1v) is 9.53. The number of rotatable bonds is 4. The molecule has 0 fully saturated rings. The molecule has 1 aromatic carbocycles. The van der Waals surface area contributed by atoms with E-state index in [0.717, 1.165) is 21.3 Å². The Balaban J connectivity index is 1.76. The van der Waals surface area contributed by atoms with Crippen LogP contribution in [0.15, 0.2) is 48.7 Å². The summed E-state index contributed by atoms with van der Waals surface area (Å²) in [4.78, 5) is 23.5. The second-order valence-corrected chi connectivity index (χ2v) is 7.47. The molecule has 1 amide bonds. The van der Waals surface area contributed by atoms with Crippen LogP contribution in [0.2, 0.25) is 5.02 Å². The highest BCUT2D eigenvalue weighted by Crippen LogP contribution is 2.34. The highest BCUT2D eigenvalue weighted by atomic mass is 35.5. The van der Waals surface area contributed by atoms with Crippen LogP contribution in [-0.4, -0.2) is 29.1 Å². The number of thiazole rings is 1. The van der Waals surface area contributed by atoms with E-state index in [0.29, 0.717) is 29.9 Å². The van der Waals surface area contributed by atoms with Crippen molar-refractivity contribution >= 4 is 44.2 Å². The van der Waals surface area contributed by atoms with Gasteiger partial charge in [0.05, 0.1) is 16.8 Å². The number of benzene rings is 1. The van der Waals surface area contributed by atoms with Crippen molar-refractivity contribution < 1.29 is 14.3 Å². The van der Waals surface area contributed by atoms with Crippen LogP contribution in [0.5, 0.6) is 0 Å². The lowest BCUT2D eigenvalue weighted by molar-refractivity contribution is -0.119. The van der Waals surface area contributed by atoms with Gasteiger partial charge in [-0.25, -0.2) is 4.98 Å². The van der Waals surface area contributed by atoms with E-state index >= 15 is 0 Å². The molecule has 1 aliphatic rings. The SMILES string of the molecule is Cc1cc(Cl)cc2sc(N(Cc3cccnc3)C(=O)C3=COCCO3)nc12. The van der Waals surface area contributed by atoms with Gasteiger partial charge in [0, 0.05) is 17.4 Å². The van der Waals surface area contributed by atoms with Gasteiger partial charge in [0.2, 0.25) is 5.76 Å². The van der Waals surface area contributed by atoms with Crippen LogP contribution in [0.4, 0.5) is 5.13 Å². The molecule has 3 heterocycles. The summed E-state index contributed by atoms with van der Waals surface area (Å²) in [6, 6.07) is 7.47. The summed E-state index contributed by atoms with van der Waals surface area (Å²) < 4.78 is 11.7. The normalized spacial score (nSPS) is 13.6. The summed E-state index contributed by atoms with van der Waals surface area (Å²) in [7, 11) is 0. The summed E-state index contributed by atoms with van der Waals surface area (Å²) in [5.41, 5.74) is 2.68. The molecular formula is C19H16ClN3O3S. The fourth-order valence-electron chi connectivity index (χ4n) is 2.77. The van der Waals surface area contributed by atoms with Gasteiger partial charge in [0.15, 0.2) is 5.13 Å². The number of aryl methyl sites for hydroxylation is 1. The van der Waals surface area contributed by atoms with Crippen molar-refractivity contribution in [2.45, 2.75) is 13.5 Å². The minimum atomic E-state index is -0.304. The van der Waals surface area contributed by atoms with Crippen LogP contribution in [-0.2, 0) is 20.8 Å². The third-order valence-corrected chi connectivity index (χ3v) is 5.28. The fraction of sp³-hybridized carbons (Fsp3) is 0.211. The van der Waals surface area contributed by atoms with Crippen molar-refractivity contribution in [3.05, 3.63) is 64.8 Å². The summed E-state index contributed by atoms with van der Waals surface area (Å²) in [6.07, 6.45) is 4.78. The number of hydrogen-bond donors (Lipinski definition) is 0. The molecule has 27 heavy (non-hydrogen) atoms. The number of carbonyl (C=O) groups excluding carboxylic acids is 1. The fourth-order valence-corrected chi connectivity index (χ4v) is 4.19. The van der Waals surface area contributed by atoms with Crippen molar-refractivity contribution in [1.29, 1.82) is 0 Å². The zero-order chi connectivity index (χ0) is 18.8. The Kier molecular flexibility index (Phi) is 4.96. The van der Waals surface area contributed by atoms with E-state index in [2.05, 4.69) is 9.97 Å². The van der Waals surface area contributed by atoms with Gasteiger partial charge >= 0.3 is 0 Å². The second-order valence-electron chi connectivity index (χ2n) is 6.02. The molecule has 0 atom stereocenters. The third kappa shape index (κ3) is 3.74. The number of aromatic nitrogens is 2. The predicted molar refractivity (Wildman–Crippen MR) is 105 cm³/mol. The van der Waals surface area contributed by atoms with E-state index in [9.17, 15) is 4.79 Å². The molecule has 0 saturated carbocycles. The van der Waals surface area contributed by atoms with Crippen molar-refractivity contribution in [3.8, 4) is 0 Å². The number of anilines is 1. The highest BCUT2D eigenvalue weighted by Gasteiger charge is 2.26. The first-order chi connectivity index (χ1) is 13.1. The van der Waals surface area contributed by atoms with Crippen LogP contribution < -0.4 is 4.90 Å². The molecule has 4 rings (SSSR count). The largest absolute Gasteiger partial charge is 0.494 e. The van der Waals surface area contributed by atoms with Crippen LogP contribution >= 0.6 is 22.9 Å². The molecule has 3 aromatic rings. The Bertz CT molecular complexity index is 1020. The van der Waals surface area contributed by atoms with Crippen LogP contribution in [0.25, 0.3) is 10.2 Å². The highest BCUT2D eigenvalue weighted by molar-refractivity contribution is 7.22. The average molecular weight is 402 g/mol. The minimum absolute atomic E-state index is 0.166. The third-order valence-electron chi connectivity index (χ3n) is 4.04. The Morgan fingerprint density at radius 3 is 3.00 bits per heavy atom. The Morgan fingerprint density at radius 1 is 1.37 bits per heavy atom. The standard InChI is InChI=1S/C19H16ClN3O3S/c1-12-7-14(20)8-16-17(12)22-19(27-16)23(10-13-3-2-4-21-9-13)18(24)15-11-25-5-6-26-15/h2-4,7-9,11H,5-6,10H2,1H3. The number of amides is 1. The first kappa shape index (κ1) is 17.8. The molecule has 0 aliphatic carbocycles. The van der Waals surface area contributed by atoms with Crippen LogP contribution in [0.1, 0.15) is 11.1 Å². The van der Waals surface area contributed by atoms with Crippen molar-refractivity contribution in [2.24, 2.45) is 0 Å². The van der Waals surface area contributed by atoms with Gasteiger partial charge in [-0.05, 0) is 36.2 Å². The summed E-state index contributed by atoms with van der Waals surface area (Å²) in [5.74, 6) is -0.138. The van der Waals surface area contributed by atoms with Crippen LogP contribution in [0.3, 0.4) is 0 Å². The van der Waals surface area contributed by atoms with E-state index < -0.39 is 0 Å². The molecule has 0 radical (unpaired) electrons. The summed E-state index contributed by atoms with van der Waals surface area (Å²) in [5, 5.41) is 1.21. The van der Waals surface area contributed by atoms with Gasteiger partial charge in [-0.15, -0.1) is 0 Å². The van der Waals surface area contributed by atoms with Gasteiger partial charge in [-0.3, -0.25) is 14.7 Å². The van der Waals surface area contributed by atoms with Gasteiger partial charge in [0.25, 0.3) is 5.91 Å². The number of carbonyl (C=O) groups is 1. The molecule has 138 valence electrons. The maximum absolute atomic E-state index is 13.1. The van der Waals surface area contributed by atoms with Crippen LogP contribution in [0, 0.1) is 6.92 Å². The van der Waals surface area contributed by atoms with Gasteiger partial charge < -0.3 is 9.47 Å². The predicted octanol–water partition coefficient (Wildman–Crippen LogP) is 4.07. The van der Waals surface area contributed by atoms with Gasteiger partial charge in [0.1, 0.15) is 19.5 Å². The smallest absolute Gasteiger partial charge is 0.298 e. The van der Waals surface area contributed by atoms with Crippen molar-refractivity contribution in [3.63, 3.8) is 0 Å². The first-order valence-electron chi connectivity index (χ1n) is 8.34. The van der Waals surface area contributed by atoms with Crippen molar-refractivity contribution in [2.75, 3.05) is 18.1 Å². The molecular weight excluding hydrogens is 386 g/mol. The summed E-state index contributed by atoms with van der Waals surface area (Å²) in [6.45, 7) is 3.04. The minimum Gasteiger partial charge on any atom is -0.494 e.